The molecule has 0 bridgehead atoms. The summed E-state index contributed by atoms with van der Waals surface area (Å²) in [6.45, 7) is 0. The molecule has 0 aromatic heterocycles. The van der Waals surface area contributed by atoms with E-state index in [0.29, 0.717) is 17.1 Å². The van der Waals surface area contributed by atoms with Gasteiger partial charge in [0.25, 0.3) is 0 Å². The molecule has 3 heterocycles. The fourth-order valence-electron chi connectivity index (χ4n) is 5.58. The van der Waals surface area contributed by atoms with Crippen LogP contribution in [0.4, 0.5) is 11.4 Å². The summed E-state index contributed by atoms with van der Waals surface area (Å²) in [5, 5.41) is 2.95. The molecule has 1 N–H and O–H groups in total. The average Bonchev–Trinajstić information content (AvgIpc) is 3.37. The Balaban J connectivity index is 1.43. The summed E-state index contributed by atoms with van der Waals surface area (Å²) in [7, 11) is 1.56. The Labute approximate surface area is 202 Å². The van der Waals surface area contributed by atoms with Gasteiger partial charge in [0.05, 0.1) is 30.7 Å². The van der Waals surface area contributed by atoms with Crippen molar-refractivity contribution in [3.8, 4) is 5.75 Å². The lowest BCUT2D eigenvalue weighted by Gasteiger charge is -2.35. The lowest BCUT2D eigenvalue weighted by molar-refractivity contribution is -0.128. The summed E-state index contributed by atoms with van der Waals surface area (Å²) in [4.78, 5) is 44.4. The first-order chi connectivity index (χ1) is 17.1. The second kappa shape index (κ2) is 8.13. The SMILES string of the molecule is COc1ccc(N2C(=O)[C@@H]3[C@H](C2=O)[C@H]2c4ccccc4C=CN2[C@@H]3C(=O)Nc2ccccc2)cc1. The van der Waals surface area contributed by atoms with Crippen LogP contribution in [0.25, 0.3) is 6.08 Å². The zero-order valence-electron chi connectivity index (χ0n) is 19.0. The van der Waals surface area contributed by atoms with Gasteiger partial charge >= 0.3 is 0 Å². The molecule has 7 nitrogen and oxygen atoms in total. The highest BCUT2D eigenvalue weighted by Gasteiger charge is 2.64. The summed E-state index contributed by atoms with van der Waals surface area (Å²) in [6.07, 6.45) is 3.78. The standard InChI is InChI=1S/C28H23N3O4/c1-35-20-13-11-19(12-14-20)31-27(33)22-23(28(31)34)25(26(32)29-18-8-3-2-4-9-18)30-16-15-17-7-5-6-10-21(17)24(22)30/h2-16,22-25H,1H3,(H,29,32)/t22-,23+,24+,25-/m0/s1. The maximum atomic E-state index is 13.8. The molecule has 3 aromatic rings. The number of ether oxygens (including phenoxy) is 1. The van der Waals surface area contributed by atoms with Crippen LogP contribution < -0.4 is 15.0 Å². The van der Waals surface area contributed by atoms with Crippen LogP contribution in [0.2, 0.25) is 0 Å². The zero-order chi connectivity index (χ0) is 24.1. The largest absolute Gasteiger partial charge is 0.497 e. The number of benzene rings is 3. The molecule has 0 saturated carbocycles. The highest BCUT2D eigenvalue weighted by atomic mass is 16.5. The second-order valence-electron chi connectivity index (χ2n) is 8.90. The van der Waals surface area contributed by atoms with Gasteiger partial charge in [-0.05, 0) is 53.6 Å². The van der Waals surface area contributed by atoms with Gasteiger partial charge < -0.3 is 15.0 Å². The maximum absolute atomic E-state index is 13.8. The Morgan fingerprint density at radius 3 is 2.29 bits per heavy atom. The van der Waals surface area contributed by atoms with Crippen molar-refractivity contribution in [1.82, 2.24) is 4.90 Å². The van der Waals surface area contributed by atoms with Crippen LogP contribution in [0.5, 0.6) is 5.75 Å². The average molecular weight is 466 g/mol. The third kappa shape index (κ3) is 3.23. The van der Waals surface area contributed by atoms with E-state index in [2.05, 4.69) is 5.32 Å². The number of hydrogen-bond acceptors (Lipinski definition) is 5. The smallest absolute Gasteiger partial charge is 0.247 e. The minimum Gasteiger partial charge on any atom is -0.497 e. The molecule has 0 aliphatic carbocycles. The van der Waals surface area contributed by atoms with Crippen molar-refractivity contribution < 1.29 is 19.1 Å². The van der Waals surface area contributed by atoms with Crippen molar-refractivity contribution in [2.24, 2.45) is 11.8 Å². The molecule has 2 fully saturated rings. The minimum absolute atomic E-state index is 0.291. The highest BCUT2D eigenvalue weighted by Crippen LogP contribution is 2.53. The van der Waals surface area contributed by atoms with Crippen LogP contribution in [-0.2, 0) is 14.4 Å². The van der Waals surface area contributed by atoms with Crippen molar-refractivity contribution in [2.75, 3.05) is 17.3 Å². The van der Waals surface area contributed by atoms with Gasteiger partial charge in [0, 0.05) is 11.9 Å². The van der Waals surface area contributed by atoms with Crippen molar-refractivity contribution >= 4 is 35.2 Å². The lowest BCUT2D eigenvalue weighted by atomic mass is 9.84. The van der Waals surface area contributed by atoms with Crippen molar-refractivity contribution in [1.29, 1.82) is 0 Å². The van der Waals surface area contributed by atoms with Crippen LogP contribution in [0.15, 0.2) is 85.1 Å². The molecule has 35 heavy (non-hydrogen) atoms. The second-order valence-corrected chi connectivity index (χ2v) is 8.90. The molecule has 3 aliphatic heterocycles. The third-order valence-electron chi connectivity index (χ3n) is 7.10. The van der Waals surface area contributed by atoms with E-state index in [1.165, 1.54) is 4.90 Å². The molecule has 4 atom stereocenters. The summed E-state index contributed by atoms with van der Waals surface area (Å²) in [6, 6.07) is 22.5. The van der Waals surface area contributed by atoms with Crippen LogP contribution in [0.1, 0.15) is 17.2 Å². The Hall–Kier alpha value is -4.39. The fourth-order valence-corrected chi connectivity index (χ4v) is 5.58. The normalized spacial score (nSPS) is 24.1. The van der Waals surface area contributed by atoms with Gasteiger partial charge in [0.2, 0.25) is 17.7 Å². The number of para-hydroxylation sites is 1. The van der Waals surface area contributed by atoms with Gasteiger partial charge in [-0.2, -0.15) is 0 Å². The number of nitrogens with one attached hydrogen (secondary N) is 1. The van der Waals surface area contributed by atoms with E-state index in [1.807, 2.05) is 59.6 Å². The first-order valence-electron chi connectivity index (χ1n) is 11.5. The number of amides is 3. The number of methoxy groups -OCH3 is 1. The first-order valence-corrected chi connectivity index (χ1v) is 11.5. The molecule has 3 amide bonds. The minimum atomic E-state index is -0.825. The molecule has 6 rings (SSSR count). The van der Waals surface area contributed by atoms with E-state index < -0.39 is 23.9 Å². The molecule has 174 valence electrons. The molecule has 2 saturated heterocycles. The van der Waals surface area contributed by atoms with Crippen LogP contribution in [0.3, 0.4) is 0 Å². The summed E-state index contributed by atoms with van der Waals surface area (Å²) >= 11 is 0. The number of carbonyl (C=O) groups is 3. The van der Waals surface area contributed by atoms with E-state index in [4.69, 9.17) is 4.74 Å². The van der Waals surface area contributed by atoms with Crippen molar-refractivity contribution in [2.45, 2.75) is 12.1 Å². The molecule has 3 aromatic carbocycles. The number of rotatable bonds is 4. The van der Waals surface area contributed by atoms with E-state index >= 15 is 0 Å². The Kier molecular flexibility index (Phi) is 4.91. The number of nitrogens with zero attached hydrogens (tertiary/aromatic N) is 2. The predicted molar refractivity (Wildman–Crippen MR) is 131 cm³/mol. The fraction of sp³-hybridized carbons (Fsp3) is 0.179. The Morgan fingerprint density at radius 1 is 0.857 bits per heavy atom. The van der Waals surface area contributed by atoms with Crippen molar-refractivity contribution in [3.63, 3.8) is 0 Å². The third-order valence-corrected chi connectivity index (χ3v) is 7.10. The first kappa shape index (κ1) is 21.2. The number of carbonyl (C=O) groups excluding carboxylic acids is 3. The number of anilines is 2. The maximum Gasteiger partial charge on any atom is 0.247 e. The van der Waals surface area contributed by atoms with Gasteiger partial charge in [-0.25, -0.2) is 4.90 Å². The molecule has 0 radical (unpaired) electrons. The van der Waals surface area contributed by atoms with Crippen molar-refractivity contribution in [3.05, 3.63) is 96.2 Å². The number of fused-ring (bicyclic) bond motifs is 5. The molecule has 0 unspecified atom stereocenters. The van der Waals surface area contributed by atoms with Gasteiger partial charge in [0.1, 0.15) is 11.8 Å². The Morgan fingerprint density at radius 2 is 1.54 bits per heavy atom. The van der Waals surface area contributed by atoms with Gasteiger partial charge in [-0.1, -0.05) is 42.5 Å². The van der Waals surface area contributed by atoms with E-state index in [-0.39, 0.29) is 17.7 Å². The summed E-state index contributed by atoms with van der Waals surface area (Å²) in [5.74, 6) is -1.82. The molecule has 0 spiro atoms. The highest BCUT2D eigenvalue weighted by molar-refractivity contribution is 6.24. The lowest BCUT2D eigenvalue weighted by Crippen LogP contribution is -2.46. The number of imide groups is 1. The number of hydrogen-bond donors (Lipinski definition) is 1. The molecule has 3 aliphatic rings. The van der Waals surface area contributed by atoms with Gasteiger partial charge in [0.15, 0.2) is 0 Å². The van der Waals surface area contributed by atoms with E-state index in [1.54, 1.807) is 43.5 Å². The molecular weight excluding hydrogens is 442 g/mol. The topological polar surface area (TPSA) is 79.0 Å². The Bertz CT molecular complexity index is 1350. The van der Waals surface area contributed by atoms with E-state index in [9.17, 15) is 14.4 Å². The van der Waals surface area contributed by atoms with Gasteiger partial charge in [-0.3, -0.25) is 14.4 Å². The van der Waals surface area contributed by atoms with E-state index in [0.717, 1.165) is 11.1 Å². The van der Waals surface area contributed by atoms with Crippen LogP contribution in [0, 0.1) is 11.8 Å². The summed E-state index contributed by atoms with van der Waals surface area (Å²) in [5.41, 5.74) is 3.05. The summed E-state index contributed by atoms with van der Waals surface area (Å²) < 4.78 is 5.22. The zero-order valence-corrected chi connectivity index (χ0v) is 19.0. The molecule has 7 heteroatoms. The molecular formula is C28H23N3O4. The predicted octanol–water partition coefficient (Wildman–Crippen LogP) is 3.85. The van der Waals surface area contributed by atoms with Crippen LogP contribution >= 0.6 is 0 Å². The van der Waals surface area contributed by atoms with Gasteiger partial charge in [-0.15, -0.1) is 0 Å². The van der Waals surface area contributed by atoms with Crippen LogP contribution in [-0.4, -0.2) is 35.8 Å². The monoisotopic (exact) mass is 465 g/mol. The quantitative estimate of drug-likeness (QED) is 0.592.